The third-order valence-corrected chi connectivity index (χ3v) is 5.26. The van der Waals surface area contributed by atoms with Gasteiger partial charge in [0.1, 0.15) is 0 Å². The molecule has 130 valence electrons. The summed E-state index contributed by atoms with van der Waals surface area (Å²) < 4.78 is 27.6. The topological polar surface area (TPSA) is 83.8 Å². The minimum atomic E-state index is -3.32. The summed E-state index contributed by atoms with van der Waals surface area (Å²) in [4.78, 5) is 14.6. The third-order valence-electron chi connectivity index (χ3n) is 4.53. The summed E-state index contributed by atoms with van der Waals surface area (Å²) in [7, 11) is -3.32. The van der Waals surface area contributed by atoms with E-state index in [1.807, 2.05) is 32.0 Å². The number of aromatic nitrogens is 2. The van der Waals surface area contributed by atoms with Gasteiger partial charge in [-0.05, 0) is 24.0 Å². The van der Waals surface area contributed by atoms with Gasteiger partial charge in [0.25, 0.3) is 5.91 Å². The van der Waals surface area contributed by atoms with Crippen LogP contribution in [0.4, 0.5) is 0 Å². The maximum atomic E-state index is 12.9. The average molecular weight is 350 g/mol. The largest absolute Gasteiger partial charge is 0.337 e. The van der Waals surface area contributed by atoms with Crippen molar-refractivity contribution in [2.75, 3.05) is 19.3 Å². The molecular weight excluding hydrogens is 328 g/mol. The van der Waals surface area contributed by atoms with Crippen molar-refractivity contribution in [3.63, 3.8) is 0 Å². The second kappa shape index (κ2) is 6.18. The van der Waals surface area contributed by atoms with Crippen LogP contribution in [0.5, 0.6) is 0 Å². The summed E-state index contributed by atoms with van der Waals surface area (Å²) in [6.07, 6.45) is 4.51. The van der Waals surface area contributed by atoms with Crippen LogP contribution in [-0.2, 0) is 10.0 Å². The van der Waals surface area contributed by atoms with Gasteiger partial charge < -0.3 is 4.90 Å². The monoisotopic (exact) mass is 350 g/mol. The molecule has 0 aromatic carbocycles. The van der Waals surface area contributed by atoms with Crippen LogP contribution in [0.2, 0.25) is 0 Å². The van der Waals surface area contributed by atoms with E-state index in [-0.39, 0.29) is 23.8 Å². The first-order valence-electron chi connectivity index (χ1n) is 7.95. The van der Waals surface area contributed by atoms with Crippen molar-refractivity contribution >= 4 is 21.4 Å². The molecule has 2 atom stereocenters. The predicted molar refractivity (Wildman–Crippen MR) is 91.2 cm³/mol. The van der Waals surface area contributed by atoms with Gasteiger partial charge in [-0.2, -0.15) is 5.10 Å². The Kier molecular flexibility index (Phi) is 4.35. The van der Waals surface area contributed by atoms with Gasteiger partial charge in [-0.1, -0.05) is 19.9 Å². The smallest absolute Gasteiger partial charge is 0.257 e. The maximum Gasteiger partial charge on any atom is 0.257 e. The molecule has 0 aliphatic carbocycles. The number of likely N-dealkylation sites (tertiary alicyclic amines) is 1. The molecule has 1 saturated heterocycles. The summed E-state index contributed by atoms with van der Waals surface area (Å²) in [5.74, 6) is 0.246. The zero-order valence-electron chi connectivity index (χ0n) is 14.0. The number of fused-ring (bicyclic) bond motifs is 1. The average Bonchev–Trinajstić information content (AvgIpc) is 3.09. The van der Waals surface area contributed by atoms with Crippen LogP contribution in [0, 0.1) is 11.8 Å². The zero-order chi connectivity index (χ0) is 17.5. The van der Waals surface area contributed by atoms with Gasteiger partial charge in [-0.15, -0.1) is 0 Å². The van der Waals surface area contributed by atoms with Crippen LogP contribution in [0.3, 0.4) is 0 Å². The number of amides is 1. The molecule has 0 radical (unpaired) electrons. The zero-order valence-corrected chi connectivity index (χ0v) is 14.8. The van der Waals surface area contributed by atoms with Crippen LogP contribution in [-0.4, -0.2) is 54.2 Å². The van der Waals surface area contributed by atoms with Crippen LogP contribution in [0.1, 0.15) is 24.2 Å². The van der Waals surface area contributed by atoms with E-state index in [4.69, 9.17) is 0 Å². The fourth-order valence-corrected chi connectivity index (χ4v) is 4.14. The Morgan fingerprint density at radius 2 is 2.08 bits per heavy atom. The lowest BCUT2D eigenvalue weighted by atomic mass is 9.92. The molecule has 8 heteroatoms. The summed E-state index contributed by atoms with van der Waals surface area (Å²) >= 11 is 0. The van der Waals surface area contributed by atoms with Crippen molar-refractivity contribution in [3.8, 4) is 0 Å². The minimum absolute atomic E-state index is 0.0884. The van der Waals surface area contributed by atoms with Gasteiger partial charge in [0.05, 0.1) is 23.5 Å². The highest BCUT2D eigenvalue weighted by Gasteiger charge is 2.39. The molecule has 24 heavy (non-hydrogen) atoms. The predicted octanol–water partition coefficient (Wildman–Crippen LogP) is 0.980. The number of carbonyl (C=O) groups is 1. The Balaban J connectivity index is 1.85. The standard InChI is InChI=1S/C16H22N4O3S/c1-11(2)13-9-19(10-14(13)18-24(3,22)23)16(21)12-8-17-20-7-5-4-6-15(12)20/h4-8,11,13-14,18H,9-10H2,1-3H3/t13-,14+/m0/s1. The van der Waals surface area contributed by atoms with Gasteiger partial charge >= 0.3 is 0 Å². The van der Waals surface area contributed by atoms with Crippen LogP contribution >= 0.6 is 0 Å². The second-order valence-corrected chi connectivity index (χ2v) is 8.48. The lowest BCUT2D eigenvalue weighted by molar-refractivity contribution is 0.0785. The van der Waals surface area contributed by atoms with Crippen molar-refractivity contribution in [1.82, 2.24) is 19.2 Å². The fourth-order valence-electron chi connectivity index (χ4n) is 3.34. The molecular formula is C16H22N4O3S. The van der Waals surface area contributed by atoms with Crippen molar-refractivity contribution in [2.45, 2.75) is 19.9 Å². The van der Waals surface area contributed by atoms with E-state index in [9.17, 15) is 13.2 Å². The van der Waals surface area contributed by atoms with Crippen molar-refractivity contribution in [3.05, 3.63) is 36.2 Å². The number of rotatable bonds is 4. The highest BCUT2D eigenvalue weighted by Crippen LogP contribution is 2.27. The van der Waals surface area contributed by atoms with Gasteiger partial charge in [0.2, 0.25) is 10.0 Å². The Morgan fingerprint density at radius 3 is 2.75 bits per heavy atom. The van der Waals surface area contributed by atoms with Gasteiger partial charge in [0, 0.05) is 25.3 Å². The molecule has 1 amide bonds. The Labute approximate surface area is 141 Å². The van der Waals surface area contributed by atoms with E-state index in [1.54, 1.807) is 21.8 Å². The fraction of sp³-hybridized carbons (Fsp3) is 0.500. The highest BCUT2D eigenvalue weighted by molar-refractivity contribution is 7.88. The van der Waals surface area contributed by atoms with Crippen LogP contribution < -0.4 is 4.72 Å². The number of sulfonamides is 1. The highest BCUT2D eigenvalue weighted by atomic mass is 32.2. The molecule has 0 unspecified atom stereocenters. The number of nitrogens with one attached hydrogen (secondary N) is 1. The van der Waals surface area contributed by atoms with Crippen molar-refractivity contribution < 1.29 is 13.2 Å². The van der Waals surface area contributed by atoms with Crippen molar-refractivity contribution in [1.29, 1.82) is 0 Å². The van der Waals surface area contributed by atoms with E-state index in [2.05, 4.69) is 9.82 Å². The molecule has 0 bridgehead atoms. The van der Waals surface area contributed by atoms with E-state index >= 15 is 0 Å². The van der Waals surface area contributed by atoms with Gasteiger partial charge in [0.15, 0.2) is 0 Å². The van der Waals surface area contributed by atoms with E-state index < -0.39 is 10.0 Å². The number of hydrogen-bond acceptors (Lipinski definition) is 4. The van der Waals surface area contributed by atoms with Gasteiger partial charge in [-0.25, -0.2) is 17.7 Å². The summed E-state index contributed by atoms with van der Waals surface area (Å²) in [6, 6.07) is 5.31. The number of hydrogen-bond donors (Lipinski definition) is 1. The molecule has 2 aromatic heterocycles. The van der Waals surface area contributed by atoms with E-state index in [0.29, 0.717) is 18.7 Å². The SMILES string of the molecule is CC(C)[C@@H]1CN(C(=O)c2cnn3ccccc23)C[C@H]1NS(C)(=O)=O. The maximum absolute atomic E-state index is 12.9. The van der Waals surface area contributed by atoms with E-state index in [1.165, 1.54) is 0 Å². The first-order chi connectivity index (χ1) is 11.3. The first kappa shape index (κ1) is 16.9. The second-order valence-electron chi connectivity index (χ2n) is 6.70. The first-order valence-corrected chi connectivity index (χ1v) is 9.84. The lowest BCUT2D eigenvalue weighted by Crippen LogP contribution is -2.41. The number of pyridine rings is 1. The molecule has 2 aromatic rings. The molecule has 0 spiro atoms. The lowest BCUT2D eigenvalue weighted by Gasteiger charge is -2.21. The minimum Gasteiger partial charge on any atom is -0.337 e. The molecule has 0 saturated carbocycles. The Morgan fingerprint density at radius 1 is 1.33 bits per heavy atom. The summed E-state index contributed by atoms with van der Waals surface area (Å²) in [6.45, 7) is 5.00. The van der Waals surface area contributed by atoms with Crippen LogP contribution in [0.15, 0.2) is 30.6 Å². The summed E-state index contributed by atoms with van der Waals surface area (Å²) in [5.41, 5.74) is 1.29. The number of nitrogens with zero attached hydrogens (tertiary/aromatic N) is 3. The molecule has 3 heterocycles. The number of carbonyl (C=O) groups excluding carboxylic acids is 1. The molecule has 1 aliphatic rings. The van der Waals surface area contributed by atoms with Gasteiger partial charge in [-0.3, -0.25) is 4.79 Å². The Bertz CT molecular complexity index is 859. The third kappa shape index (κ3) is 3.29. The van der Waals surface area contributed by atoms with E-state index in [0.717, 1.165) is 11.8 Å². The van der Waals surface area contributed by atoms with Crippen molar-refractivity contribution in [2.24, 2.45) is 11.8 Å². The van der Waals surface area contributed by atoms with Crippen LogP contribution in [0.25, 0.3) is 5.52 Å². The quantitative estimate of drug-likeness (QED) is 0.891. The molecule has 1 fully saturated rings. The summed E-state index contributed by atoms with van der Waals surface area (Å²) in [5, 5.41) is 4.20. The normalized spacial score (nSPS) is 21.8. The molecule has 3 rings (SSSR count). The molecule has 7 nitrogen and oxygen atoms in total. The molecule has 1 aliphatic heterocycles. The molecule has 1 N–H and O–H groups in total. The Hall–Kier alpha value is -1.93.